The minimum atomic E-state index is 0.717. The minimum Gasteiger partial charge on any atom is -0.314 e. The molecular weight excluding hydrogens is 244 g/mol. The van der Waals surface area contributed by atoms with E-state index in [2.05, 4.69) is 31.1 Å². The maximum atomic E-state index is 3.81. The first-order chi connectivity index (χ1) is 9.70. The quantitative estimate of drug-likeness (QED) is 0.637. The lowest BCUT2D eigenvalue weighted by atomic mass is 9.91. The van der Waals surface area contributed by atoms with E-state index >= 15 is 0 Å². The minimum absolute atomic E-state index is 0.717. The molecule has 0 radical (unpaired) electrons. The summed E-state index contributed by atoms with van der Waals surface area (Å²) in [5.41, 5.74) is 0. The Morgan fingerprint density at radius 2 is 1.70 bits per heavy atom. The fraction of sp³-hybridized carbons (Fsp3) is 1.00. The Balaban J connectivity index is 1.54. The summed E-state index contributed by atoms with van der Waals surface area (Å²) in [4.78, 5) is 2.65. The zero-order chi connectivity index (χ0) is 14.4. The van der Waals surface area contributed by atoms with Gasteiger partial charge in [0.05, 0.1) is 0 Å². The first-order valence-electron chi connectivity index (χ1n) is 9.16. The molecule has 2 nitrogen and oxygen atoms in total. The number of fused-ring (bicyclic) bond motifs is 2. The average Bonchev–Trinajstić information content (AvgIpc) is 2.67. The number of nitrogens with zero attached hydrogens (tertiary/aromatic N) is 1. The third-order valence-electron chi connectivity index (χ3n) is 5.69. The number of unbranched alkanes of at least 4 members (excludes halogenated alkanes) is 4. The van der Waals surface area contributed by atoms with Crippen LogP contribution in [0.15, 0.2) is 0 Å². The highest BCUT2D eigenvalue weighted by molar-refractivity contribution is 4.93. The van der Waals surface area contributed by atoms with Crippen LogP contribution < -0.4 is 5.32 Å². The van der Waals surface area contributed by atoms with Crippen LogP contribution in [0.4, 0.5) is 0 Å². The summed E-state index contributed by atoms with van der Waals surface area (Å²) in [5, 5.41) is 3.81. The molecule has 118 valence electrons. The summed E-state index contributed by atoms with van der Waals surface area (Å²) in [6.45, 7) is 5.93. The lowest BCUT2D eigenvalue weighted by molar-refractivity contribution is 0.131. The van der Waals surface area contributed by atoms with Gasteiger partial charge in [-0.2, -0.15) is 0 Å². The smallest absolute Gasteiger partial charge is 0.00988 e. The van der Waals surface area contributed by atoms with Crippen molar-refractivity contribution in [3.63, 3.8) is 0 Å². The van der Waals surface area contributed by atoms with Crippen molar-refractivity contribution in [1.29, 1.82) is 0 Å². The van der Waals surface area contributed by atoms with Crippen LogP contribution in [0.5, 0.6) is 0 Å². The van der Waals surface area contributed by atoms with Crippen molar-refractivity contribution in [2.45, 2.75) is 96.2 Å². The van der Waals surface area contributed by atoms with Gasteiger partial charge in [0.25, 0.3) is 0 Å². The Bertz CT molecular complexity index is 252. The fourth-order valence-corrected chi connectivity index (χ4v) is 4.21. The normalized spacial score (nSPS) is 31.6. The van der Waals surface area contributed by atoms with Crippen molar-refractivity contribution in [3.05, 3.63) is 0 Å². The van der Waals surface area contributed by atoms with Gasteiger partial charge in [0.1, 0.15) is 0 Å². The Morgan fingerprint density at radius 3 is 2.35 bits per heavy atom. The van der Waals surface area contributed by atoms with Gasteiger partial charge in [0.2, 0.25) is 0 Å². The standard InChI is InChI=1S/C18H36N2/c1-4-5-6-7-8-9-15(2)19-14-16-12-17-10-11-18(13-16)20(17)3/h15-19H,4-14H2,1-3H3. The van der Waals surface area contributed by atoms with E-state index in [1.807, 2.05) is 0 Å². The highest BCUT2D eigenvalue weighted by Gasteiger charge is 2.38. The van der Waals surface area contributed by atoms with Gasteiger partial charge in [-0.05, 0) is 58.5 Å². The molecule has 2 saturated heterocycles. The predicted molar refractivity (Wildman–Crippen MR) is 88.1 cm³/mol. The summed E-state index contributed by atoms with van der Waals surface area (Å²) in [6.07, 6.45) is 14.2. The van der Waals surface area contributed by atoms with Crippen molar-refractivity contribution in [3.8, 4) is 0 Å². The SMILES string of the molecule is CCCCCCCC(C)NCC1CC2CCC(C1)N2C. The molecule has 0 aromatic rings. The Labute approximate surface area is 126 Å². The highest BCUT2D eigenvalue weighted by Crippen LogP contribution is 2.37. The third-order valence-corrected chi connectivity index (χ3v) is 5.69. The van der Waals surface area contributed by atoms with Crippen molar-refractivity contribution in [1.82, 2.24) is 10.2 Å². The molecule has 2 heteroatoms. The van der Waals surface area contributed by atoms with Crippen molar-refractivity contribution < 1.29 is 0 Å². The molecule has 0 aliphatic carbocycles. The van der Waals surface area contributed by atoms with Gasteiger partial charge in [0.15, 0.2) is 0 Å². The largest absolute Gasteiger partial charge is 0.314 e. The molecule has 3 atom stereocenters. The van der Waals surface area contributed by atoms with Crippen LogP contribution in [0.2, 0.25) is 0 Å². The van der Waals surface area contributed by atoms with Gasteiger partial charge < -0.3 is 10.2 Å². The summed E-state index contributed by atoms with van der Waals surface area (Å²) in [6, 6.07) is 2.50. The zero-order valence-corrected chi connectivity index (χ0v) is 14.0. The van der Waals surface area contributed by atoms with E-state index < -0.39 is 0 Å². The monoisotopic (exact) mass is 280 g/mol. The molecule has 2 aliphatic heterocycles. The molecule has 3 unspecified atom stereocenters. The summed E-state index contributed by atoms with van der Waals surface area (Å²) in [5.74, 6) is 0.936. The first-order valence-corrected chi connectivity index (χ1v) is 9.16. The van der Waals surface area contributed by atoms with Crippen LogP contribution >= 0.6 is 0 Å². The van der Waals surface area contributed by atoms with Crippen LogP contribution in [-0.4, -0.2) is 36.6 Å². The molecule has 0 aromatic heterocycles. The second-order valence-corrected chi connectivity index (χ2v) is 7.40. The molecule has 20 heavy (non-hydrogen) atoms. The van der Waals surface area contributed by atoms with E-state index in [-0.39, 0.29) is 0 Å². The van der Waals surface area contributed by atoms with E-state index in [9.17, 15) is 0 Å². The molecule has 2 fully saturated rings. The molecule has 2 bridgehead atoms. The van der Waals surface area contributed by atoms with Crippen LogP contribution in [-0.2, 0) is 0 Å². The van der Waals surface area contributed by atoms with Crippen LogP contribution in [0.3, 0.4) is 0 Å². The van der Waals surface area contributed by atoms with Crippen molar-refractivity contribution >= 4 is 0 Å². The summed E-state index contributed by atoms with van der Waals surface area (Å²) >= 11 is 0. The van der Waals surface area contributed by atoms with E-state index in [0.29, 0.717) is 6.04 Å². The lowest BCUT2D eigenvalue weighted by Gasteiger charge is -2.36. The Kier molecular flexibility index (Phi) is 6.83. The van der Waals surface area contributed by atoms with Gasteiger partial charge in [-0.1, -0.05) is 39.0 Å². The summed E-state index contributed by atoms with van der Waals surface area (Å²) in [7, 11) is 2.34. The molecule has 0 spiro atoms. The van der Waals surface area contributed by atoms with Gasteiger partial charge in [-0.15, -0.1) is 0 Å². The number of rotatable bonds is 9. The third kappa shape index (κ3) is 4.73. The fourth-order valence-electron chi connectivity index (χ4n) is 4.21. The summed E-state index contributed by atoms with van der Waals surface area (Å²) < 4.78 is 0. The van der Waals surface area contributed by atoms with Crippen LogP contribution in [0.25, 0.3) is 0 Å². The lowest BCUT2D eigenvalue weighted by Crippen LogP contribution is -2.43. The molecule has 1 N–H and O–H groups in total. The van der Waals surface area contributed by atoms with E-state index in [4.69, 9.17) is 0 Å². The van der Waals surface area contributed by atoms with E-state index in [1.54, 1.807) is 0 Å². The van der Waals surface area contributed by atoms with Gasteiger partial charge in [-0.25, -0.2) is 0 Å². The van der Waals surface area contributed by atoms with Crippen molar-refractivity contribution in [2.24, 2.45) is 5.92 Å². The second-order valence-electron chi connectivity index (χ2n) is 7.40. The predicted octanol–water partition coefficient (Wildman–Crippen LogP) is 4.20. The Morgan fingerprint density at radius 1 is 1.05 bits per heavy atom. The molecule has 2 rings (SSSR count). The zero-order valence-electron chi connectivity index (χ0n) is 14.0. The first kappa shape index (κ1) is 16.3. The van der Waals surface area contributed by atoms with Gasteiger partial charge >= 0.3 is 0 Å². The van der Waals surface area contributed by atoms with Crippen LogP contribution in [0, 0.1) is 5.92 Å². The second kappa shape index (κ2) is 8.38. The number of hydrogen-bond donors (Lipinski definition) is 1. The maximum absolute atomic E-state index is 3.81. The number of piperidine rings is 1. The van der Waals surface area contributed by atoms with E-state index in [0.717, 1.165) is 18.0 Å². The molecule has 0 amide bonds. The Hall–Kier alpha value is -0.0800. The topological polar surface area (TPSA) is 15.3 Å². The van der Waals surface area contributed by atoms with E-state index in [1.165, 1.54) is 70.8 Å². The molecular formula is C18H36N2. The molecule has 0 saturated carbocycles. The number of nitrogens with one attached hydrogen (secondary N) is 1. The maximum Gasteiger partial charge on any atom is 0.00988 e. The van der Waals surface area contributed by atoms with Gasteiger partial charge in [-0.3, -0.25) is 0 Å². The average molecular weight is 280 g/mol. The van der Waals surface area contributed by atoms with Gasteiger partial charge in [0, 0.05) is 18.1 Å². The number of hydrogen-bond acceptors (Lipinski definition) is 2. The van der Waals surface area contributed by atoms with Crippen molar-refractivity contribution in [2.75, 3.05) is 13.6 Å². The molecule has 0 aromatic carbocycles. The molecule has 2 aliphatic rings. The van der Waals surface area contributed by atoms with Crippen LogP contribution in [0.1, 0.15) is 78.1 Å². The highest BCUT2D eigenvalue weighted by atomic mass is 15.2. The molecule has 2 heterocycles.